The molecule has 0 aliphatic heterocycles. The Morgan fingerprint density at radius 2 is 2.05 bits per heavy atom. The first-order chi connectivity index (χ1) is 9.24. The second-order valence-corrected chi connectivity index (χ2v) is 3.90. The lowest BCUT2D eigenvalue weighted by Crippen LogP contribution is -1.90. The average molecular weight is 256 g/mol. The molecule has 3 aromatic rings. The van der Waals surface area contributed by atoms with E-state index in [0.717, 1.165) is 5.56 Å². The molecular formula is C13H9FN4O. The van der Waals surface area contributed by atoms with Crippen LogP contribution in [0.3, 0.4) is 0 Å². The lowest BCUT2D eigenvalue weighted by molar-refractivity contribution is 0.432. The minimum Gasteiger partial charge on any atom is -0.396 e. The Morgan fingerprint density at radius 1 is 1.16 bits per heavy atom. The van der Waals surface area contributed by atoms with Gasteiger partial charge in [-0.1, -0.05) is 5.16 Å². The van der Waals surface area contributed by atoms with Crippen LogP contribution in [0.4, 0.5) is 10.1 Å². The molecule has 5 nitrogen and oxygen atoms in total. The van der Waals surface area contributed by atoms with Crippen LogP contribution in [0.25, 0.3) is 22.8 Å². The lowest BCUT2D eigenvalue weighted by atomic mass is 10.2. The monoisotopic (exact) mass is 256 g/mol. The van der Waals surface area contributed by atoms with Gasteiger partial charge < -0.3 is 10.3 Å². The Balaban J connectivity index is 1.99. The summed E-state index contributed by atoms with van der Waals surface area (Å²) < 4.78 is 18.5. The standard InChI is InChI=1S/C13H9FN4O/c14-10-6-8(3-4-11(10)15)13-17-12(18-19-13)9-2-1-5-16-7-9/h1-7H,15H2. The van der Waals surface area contributed by atoms with Crippen LogP contribution in [-0.2, 0) is 0 Å². The number of aromatic nitrogens is 3. The van der Waals surface area contributed by atoms with Crippen LogP contribution in [0.5, 0.6) is 0 Å². The number of halogens is 1. The van der Waals surface area contributed by atoms with Gasteiger partial charge in [0.15, 0.2) is 0 Å². The quantitative estimate of drug-likeness (QED) is 0.713. The first-order valence-electron chi connectivity index (χ1n) is 5.53. The van der Waals surface area contributed by atoms with Crippen molar-refractivity contribution in [2.24, 2.45) is 0 Å². The SMILES string of the molecule is Nc1ccc(-c2nc(-c3cccnc3)no2)cc1F. The number of nitrogen functional groups attached to an aromatic ring is 1. The highest BCUT2D eigenvalue weighted by molar-refractivity contribution is 5.61. The predicted molar refractivity (Wildman–Crippen MR) is 67.3 cm³/mol. The summed E-state index contributed by atoms with van der Waals surface area (Å²) >= 11 is 0. The molecule has 0 atom stereocenters. The molecule has 0 saturated carbocycles. The molecule has 2 heterocycles. The van der Waals surface area contributed by atoms with Crippen molar-refractivity contribution in [2.45, 2.75) is 0 Å². The number of hydrogen-bond acceptors (Lipinski definition) is 5. The fraction of sp³-hybridized carbons (Fsp3) is 0. The summed E-state index contributed by atoms with van der Waals surface area (Å²) in [6.07, 6.45) is 3.28. The van der Waals surface area contributed by atoms with Crippen LogP contribution >= 0.6 is 0 Å². The van der Waals surface area contributed by atoms with Crippen molar-refractivity contribution in [3.63, 3.8) is 0 Å². The van der Waals surface area contributed by atoms with Gasteiger partial charge >= 0.3 is 0 Å². The zero-order valence-electron chi connectivity index (χ0n) is 9.75. The second kappa shape index (κ2) is 4.49. The van der Waals surface area contributed by atoms with Crippen molar-refractivity contribution in [1.82, 2.24) is 15.1 Å². The summed E-state index contributed by atoms with van der Waals surface area (Å²) in [5.74, 6) is 0.122. The zero-order valence-corrected chi connectivity index (χ0v) is 9.75. The van der Waals surface area contributed by atoms with Crippen molar-refractivity contribution >= 4 is 5.69 Å². The van der Waals surface area contributed by atoms with Gasteiger partial charge in [0.25, 0.3) is 5.89 Å². The molecule has 2 N–H and O–H groups in total. The molecule has 0 spiro atoms. The normalized spacial score (nSPS) is 10.6. The Hall–Kier alpha value is -2.76. The first-order valence-corrected chi connectivity index (χ1v) is 5.53. The van der Waals surface area contributed by atoms with Gasteiger partial charge in [0.1, 0.15) is 5.82 Å². The smallest absolute Gasteiger partial charge is 0.258 e. The van der Waals surface area contributed by atoms with E-state index < -0.39 is 5.82 Å². The largest absolute Gasteiger partial charge is 0.396 e. The van der Waals surface area contributed by atoms with Gasteiger partial charge in [-0.15, -0.1) is 0 Å². The van der Waals surface area contributed by atoms with Crippen LogP contribution < -0.4 is 5.73 Å². The molecule has 94 valence electrons. The minimum atomic E-state index is -0.515. The summed E-state index contributed by atoms with van der Waals surface area (Å²) in [6.45, 7) is 0. The van der Waals surface area contributed by atoms with Crippen molar-refractivity contribution in [2.75, 3.05) is 5.73 Å². The second-order valence-electron chi connectivity index (χ2n) is 3.90. The number of nitrogens with two attached hydrogens (primary N) is 1. The molecule has 19 heavy (non-hydrogen) atoms. The van der Waals surface area contributed by atoms with Gasteiger partial charge in [-0.3, -0.25) is 4.98 Å². The molecule has 0 aliphatic carbocycles. The lowest BCUT2D eigenvalue weighted by Gasteiger charge is -1.97. The first kappa shape index (κ1) is 11.3. The highest BCUT2D eigenvalue weighted by atomic mass is 19.1. The molecule has 0 aliphatic rings. The molecule has 0 radical (unpaired) electrons. The number of hydrogen-bond donors (Lipinski definition) is 1. The minimum absolute atomic E-state index is 0.0794. The highest BCUT2D eigenvalue weighted by Crippen LogP contribution is 2.23. The molecule has 2 aromatic heterocycles. The molecular weight excluding hydrogens is 247 g/mol. The number of rotatable bonds is 2. The van der Waals surface area contributed by atoms with E-state index in [2.05, 4.69) is 15.1 Å². The zero-order chi connectivity index (χ0) is 13.2. The van der Waals surface area contributed by atoms with E-state index in [4.69, 9.17) is 10.3 Å². The maximum absolute atomic E-state index is 13.4. The summed E-state index contributed by atoms with van der Waals surface area (Å²) in [6, 6.07) is 7.92. The van der Waals surface area contributed by atoms with E-state index in [1.54, 1.807) is 24.5 Å². The van der Waals surface area contributed by atoms with Crippen molar-refractivity contribution in [3.05, 3.63) is 48.5 Å². The molecule has 6 heteroatoms. The van der Waals surface area contributed by atoms with Gasteiger partial charge in [0.05, 0.1) is 5.69 Å². The Bertz CT molecular complexity index is 712. The van der Waals surface area contributed by atoms with Gasteiger partial charge in [-0.2, -0.15) is 4.98 Å². The van der Waals surface area contributed by atoms with Gasteiger partial charge in [0, 0.05) is 23.5 Å². The van der Waals surface area contributed by atoms with E-state index in [1.165, 1.54) is 12.1 Å². The van der Waals surface area contributed by atoms with E-state index >= 15 is 0 Å². The molecule has 0 amide bonds. The summed E-state index contributed by atoms with van der Waals surface area (Å²) in [4.78, 5) is 8.17. The maximum atomic E-state index is 13.4. The number of anilines is 1. The van der Waals surface area contributed by atoms with Crippen molar-refractivity contribution in [1.29, 1.82) is 0 Å². The molecule has 0 fully saturated rings. The van der Waals surface area contributed by atoms with Crippen LogP contribution in [-0.4, -0.2) is 15.1 Å². The third-order valence-corrected chi connectivity index (χ3v) is 2.59. The van der Waals surface area contributed by atoms with E-state index in [1.807, 2.05) is 6.07 Å². The molecule has 0 bridgehead atoms. The summed E-state index contributed by atoms with van der Waals surface area (Å²) in [7, 11) is 0. The topological polar surface area (TPSA) is 77.8 Å². The average Bonchev–Trinajstić information content (AvgIpc) is 2.93. The number of benzene rings is 1. The van der Waals surface area contributed by atoms with E-state index in [9.17, 15) is 4.39 Å². The molecule has 0 unspecified atom stereocenters. The number of nitrogens with zero attached hydrogens (tertiary/aromatic N) is 3. The maximum Gasteiger partial charge on any atom is 0.258 e. The van der Waals surface area contributed by atoms with Gasteiger partial charge in [0.2, 0.25) is 5.82 Å². The predicted octanol–water partition coefficient (Wildman–Crippen LogP) is 2.52. The Labute approximate surface area is 107 Å². The molecule has 1 aromatic carbocycles. The van der Waals surface area contributed by atoms with Crippen molar-refractivity contribution in [3.8, 4) is 22.8 Å². The molecule has 3 rings (SSSR count). The summed E-state index contributed by atoms with van der Waals surface area (Å²) in [5, 5.41) is 3.84. The third-order valence-electron chi connectivity index (χ3n) is 2.59. The highest BCUT2D eigenvalue weighted by Gasteiger charge is 2.12. The fourth-order valence-corrected chi connectivity index (χ4v) is 1.61. The van der Waals surface area contributed by atoms with Gasteiger partial charge in [-0.05, 0) is 30.3 Å². The van der Waals surface area contributed by atoms with Crippen LogP contribution in [0, 0.1) is 5.82 Å². The third kappa shape index (κ3) is 2.15. The summed E-state index contributed by atoms with van der Waals surface area (Å²) in [5.41, 5.74) is 6.70. The van der Waals surface area contributed by atoms with E-state index in [-0.39, 0.29) is 11.6 Å². The fourth-order valence-electron chi connectivity index (χ4n) is 1.61. The van der Waals surface area contributed by atoms with Crippen LogP contribution in [0.2, 0.25) is 0 Å². The van der Waals surface area contributed by atoms with Crippen molar-refractivity contribution < 1.29 is 8.91 Å². The number of pyridine rings is 1. The van der Waals surface area contributed by atoms with Crippen LogP contribution in [0.1, 0.15) is 0 Å². The van der Waals surface area contributed by atoms with Crippen LogP contribution in [0.15, 0.2) is 47.2 Å². The molecule has 0 saturated heterocycles. The Kier molecular flexibility index (Phi) is 2.68. The van der Waals surface area contributed by atoms with Gasteiger partial charge in [-0.25, -0.2) is 4.39 Å². The van der Waals surface area contributed by atoms with E-state index in [0.29, 0.717) is 11.4 Å². The Morgan fingerprint density at radius 3 is 2.79 bits per heavy atom.